The van der Waals surface area contributed by atoms with E-state index in [1.165, 1.54) is 43.5 Å². The van der Waals surface area contributed by atoms with Gasteiger partial charge >= 0.3 is 0 Å². The lowest BCUT2D eigenvalue weighted by atomic mass is 10.0. The molecule has 0 saturated carbocycles. The quantitative estimate of drug-likeness (QED) is 0.209. The number of non-ortho nitro benzene ring substituents is 2. The molecule has 160 valence electrons. The van der Waals surface area contributed by atoms with Crippen LogP contribution >= 0.6 is 0 Å². The molecule has 3 aromatic rings. The van der Waals surface area contributed by atoms with Crippen molar-refractivity contribution in [2.45, 2.75) is 6.61 Å². The van der Waals surface area contributed by atoms with Crippen molar-refractivity contribution < 1.29 is 19.3 Å². The van der Waals surface area contributed by atoms with E-state index < -0.39 is 9.85 Å². The van der Waals surface area contributed by atoms with Gasteiger partial charge in [-0.3, -0.25) is 20.2 Å². The smallest absolute Gasteiger partial charge is 0.269 e. The number of nitro benzene ring substituents is 2. The summed E-state index contributed by atoms with van der Waals surface area (Å²) >= 11 is 0. The maximum Gasteiger partial charge on any atom is 0.269 e. The second-order valence-electron chi connectivity index (χ2n) is 6.60. The molecule has 0 saturated heterocycles. The van der Waals surface area contributed by atoms with E-state index in [9.17, 15) is 25.5 Å². The number of nitrogens with zero attached hydrogens (tertiary/aromatic N) is 3. The first kappa shape index (κ1) is 22.0. The number of nitriles is 1. The summed E-state index contributed by atoms with van der Waals surface area (Å²) in [4.78, 5) is 20.7. The minimum absolute atomic E-state index is 0.0196. The highest BCUT2D eigenvalue weighted by atomic mass is 16.6. The standard InChI is InChI=1S/C23H17N3O6/c1-31-23-13-16(11-19(14-24)18-6-8-20(9-7-18)25(27)28)5-10-22(23)32-15-17-3-2-4-21(12-17)26(29)30/h2-13H,15H2,1H3/b19-11-. The van der Waals surface area contributed by atoms with Crippen LogP contribution in [0, 0.1) is 31.6 Å². The first-order chi connectivity index (χ1) is 15.4. The molecule has 0 bridgehead atoms. The van der Waals surface area contributed by atoms with Gasteiger partial charge in [0.15, 0.2) is 11.5 Å². The Balaban J connectivity index is 1.81. The van der Waals surface area contributed by atoms with Gasteiger partial charge in [0.25, 0.3) is 11.4 Å². The van der Waals surface area contributed by atoms with Crippen LogP contribution in [0.3, 0.4) is 0 Å². The minimum Gasteiger partial charge on any atom is -0.493 e. The van der Waals surface area contributed by atoms with Crippen LogP contribution in [0.5, 0.6) is 11.5 Å². The molecule has 0 aliphatic carbocycles. The molecule has 0 aliphatic heterocycles. The van der Waals surface area contributed by atoms with E-state index in [-0.39, 0.29) is 18.0 Å². The normalized spacial score (nSPS) is 10.8. The predicted octanol–water partition coefficient (Wildman–Crippen LogP) is 5.15. The SMILES string of the molecule is COc1cc(/C=C(/C#N)c2ccc([N+](=O)[O-])cc2)ccc1OCc1cccc([N+](=O)[O-])c1. The highest BCUT2D eigenvalue weighted by Crippen LogP contribution is 2.31. The summed E-state index contributed by atoms with van der Waals surface area (Å²) in [6.07, 6.45) is 1.63. The van der Waals surface area contributed by atoms with Crippen molar-refractivity contribution >= 4 is 23.0 Å². The number of nitro groups is 2. The van der Waals surface area contributed by atoms with Gasteiger partial charge in [0, 0.05) is 24.3 Å². The van der Waals surface area contributed by atoms with Gasteiger partial charge in [0.1, 0.15) is 6.61 Å². The van der Waals surface area contributed by atoms with Gasteiger partial charge in [-0.1, -0.05) is 18.2 Å². The third kappa shape index (κ3) is 5.25. The Morgan fingerprint density at radius 1 is 0.969 bits per heavy atom. The number of hydrogen-bond acceptors (Lipinski definition) is 7. The van der Waals surface area contributed by atoms with E-state index in [0.29, 0.717) is 33.8 Å². The molecule has 0 N–H and O–H groups in total. The summed E-state index contributed by atoms with van der Waals surface area (Å²) < 4.78 is 11.1. The Bertz CT molecular complexity index is 1230. The largest absolute Gasteiger partial charge is 0.493 e. The van der Waals surface area contributed by atoms with Crippen molar-refractivity contribution in [1.29, 1.82) is 5.26 Å². The Morgan fingerprint density at radius 3 is 2.31 bits per heavy atom. The summed E-state index contributed by atoms with van der Waals surface area (Å²) in [7, 11) is 1.48. The van der Waals surface area contributed by atoms with E-state index in [1.54, 1.807) is 36.4 Å². The molecule has 0 spiro atoms. The third-order valence-electron chi connectivity index (χ3n) is 4.52. The Labute approximate surface area is 183 Å². The average Bonchev–Trinajstić information content (AvgIpc) is 2.81. The Hall–Kier alpha value is -4.71. The maximum absolute atomic E-state index is 10.9. The Kier molecular flexibility index (Phi) is 6.78. The summed E-state index contributed by atoms with van der Waals surface area (Å²) in [6, 6.07) is 19.0. The number of hydrogen-bond donors (Lipinski definition) is 0. The molecule has 9 nitrogen and oxygen atoms in total. The van der Waals surface area contributed by atoms with E-state index >= 15 is 0 Å². The topological polar surface area (TPSA) is 129 Å². The first-order valence-corrected chi connectivity index (χ1v) is 9.32. The molecule has 0 amide bonds. The number of allylic oxidation sites excluding steroid dienone is 1. The van der Waals surface area contributed by atoms with Crippen LogP contribution in [0.15, 0.2) is 66.7 Å². The lowest BCUT2D eigenvalue weighted by molar-refractivity contribution is -0.385. The zero-order valence-electron chi connectivity index (χ0n) is 16.9. The lowest BCUT2D eigenvalue weighted by Gasteiger charge is -2.11. The summed E-state index contributed by atoms with van der Waals surface area (Å²) in [5.74, 6) is 0.857. The zero-order valence-corrected chi connectivity index (χ0v) is 16.9. The van der Waals surface area contributed by atoms with Crippen LogP contribution < -0.4 is 9.47 Å². The molecular weight excluding hydrogens is 414 g/mol. The van der Waals surface area contributed by atoms with Crippen molar-refractivity contribution in [2.24, 2.45) is 0 Å². The number of ether oxygens (including phenoxy) is 2. The molecule has 3 rings (SSSR count). The molecule has 0 aliphatic rings. The minimum atomic E-state index is -0.503. The predicted molar refractivity (Wildman–Crippen MR) is 117 cm³/mol. The third-order valence-corrected chi connectivity index (χ3v) is 4.52. The zero-order chi connectivity index (χ0) is 23.1. The molecule has 0 atom stereocenters. The highest BCUT2D eigenvalue weighted by molar-refractivity contribution is 5.90. The van der Waals surface area contributed by atoms with Crippen LogP contribution in [0.4, 0.5) is 11.4 Å². The number of rotatable bonds is 8. The van der Waals surface area contributed by atoms with Gasteiger partial charge in [-0.2, -0.15) is 5.26 Å². The second kappa shape index (κ2) is 9.86. The van der Waals surface area contributed by atoms with Gasteiger partial charge in [-0.05, 0) is 47.0 Å². The van der Waals surface area contributed by atoms with Crippen molar-refractivity contribution in [1.82, 2.24) is 0 Å². The van der Waals surface area contributed by atoms with Crippen LogP contribution in [-0.4, -0.2) is 17.0 Å². The maximum atomic E-state index is 10.9. The van der Waals surface area contributed by atoms with Crippen molar-refractivity contribution in [3.63, 3.8) is 0 Å². The van der Waals surface area contributed by atoms with Crippen LogP contribution in [-0.2, 0) is 6.61 Å². The summed E-state index contributed by atoms with van der Waals surface area (Å²) in [5, 5.41) is 31.2. The summed E-state index contributed by atoms with van der Waals surface area (Å²) in [5.41, 5.74) is 2.09. The van der Waals surface area contributed by atoms with Crippen LogP contribution in [0.2, 0.25) is 0 Å². The van der Waals surface area contributed by atoms with Gasteiger partial charge in [-0.15, -0.1) is 0 Å². The molecule has 0 heterocycles. The molecule has 0 unspecified atom stereocenters. The van der Waals surface area contributed by atoms with Crippen molar-refractivity contribution in [3.05, 3.63) is 104 Å². The number of methoxy groups -OCH3 is 1. The Morgan fingerprint density at radius 2 is 1.69 bits per heavy atom. The van der Waals surface area contributed by atoms with Crippen molar-refractivity contribution in [2.75, 3.05) is 7.11 Å². The number of benzene rings is 3. The van der Waals surface area contributed by atoms with Gasteiger partial charge < -0.3 is 9.47 Å². The van der Waals surface area contributed by atoms with E-state index in [2.05, 4.69) is 6.07 Å². The molecule has 0 aromatic heterocycles. The van der Waals surface area contributed by atoms with E-state index in [4.69, 9.17) is 9.47 Å². The fourth-order valence-electron chi connectivity index (χ4n) is 2.92. The van der Waals surface area contributed by atoms with E-state index in [1.807, 2.05) is 0 Å². The molecular formula is C23H17N3O6. The first-order valence-electron chi connectivity index (χ1n) is 9.32. The van der Waals surface area contributed by atoms with Gasteiger partial charge in [0.2, 0.25) is 0 Å². The average molecular weight is 431 g/mol. The molecule has 9 heteroatoms. The molecule has 0 radical (unpaired) electrons. The van der Waals surface area contributed by atoms with E-state index in [0.717, 1.165) is 0 Å². The van der Waals surface area contributed by atoms with Crippen LogP contribution in [0.1, 0.15) is 16.7 Å². The van der Waals surface area contributed by atoms with Gasteiger partial charge in [0.05, 0.1) is 28.6 Å². The summed E-state index contributed by atoms with van der Waals surface area (Å²) in [6.45, 7) is 0.111. The monoisotopic (exact) mass is 431 g/mol. The van der Waals surface area contributed by atoms with Crippen LogP contribution in [0.25, 0.3) is 11.6 Å². The van der Waals surface area contributed by atoms with Gasteiger partial charge in [-0.25, -0.2) is 0 Å². The highest BCUT2D eigenvalue weighted by Gasteiger charge is 2.10. The second-order valence-corrected chi connectivity index (χ2v) is 6.60. The lowest BCUT2D eigenvalue weighted by Crippen LogP contribution is -1.99. The van der Waals surface area contributed by atoms with Crippen molar-refractivity contribution in [3.8, 4) is 17.6 Å². The fraction of sp³-hybridized carbons (Fsp3) is 0.0870. The fourth-order valence-corrected chi connectivity index (χ4v) is 2.92. The molecule has 32 heavy (non-hydrogen) atoms. The molecule has 3 aromatic carbocycles. The molecule has 0 fully saturated rings.